The molecular weight excluding hydrogens is 428 g/mol. The smallest absolute Gasteiger partial charge is 0.332 e. The Kier molecular flexibility index (Phi) is 8.49. The third-order valence-electron chi connectivity index (χ3n) is 8.40. The predicted molar refractivity (Wildman–Crippen MR) is 133 cm³/mol. The summed E-state index contributed by atoms with van der Waals surface area (Å²) in [5, 5.41) is 0. The lowest BCUT2D eigenvalue weighted by Gasteiger charge is -2.32. The first-order valence-corrected chi connectivity index (χ1v) is 13.7. The van der Waals surface area contributed by atoms with E-state index in [-0.39, 0.29) is 16.5 Å². The second kappa shape index (κ2) is 11.5. The Morgan fingerprint density at radius 1 is 0.971 bits per heavy atom. The van der Waals surface area contributed by atoms with Crippen LogP contribution in [0.25, 0.3) is 0 Å². The Hall–Kier alpha value is -2.11. The van der Waals surface area contributed by atoms with Gasteiger partial charge in [0.25, 0.3) is 11.5 Å². The number of hydrogen-bond acceptors (Lipinski definition) is 4. The molecule has 2 saturated carbocycles. The first-order chi connectivity index (χ1) is 16.5. The van der Waals surface area contributed by atoms with Gasteiger partial charge in [0.2, 0.25) is 0 Å². The van der Waals surface area contributed by atoms with Crippen molar-refractivity contribution in [3.05, 3.63) is 33.2 Å². The number of rotatable bonds is 5. The lowest BCUT2D eigenvalue weighted by molar-refractivity contribution is -0.152. The number of nitrogens with one attached hydrogen (secondary N) is 1. The normalized spacial score (nSPS) is 21.1. The monoisotopic (exact) mass is 470 g/mol. The minimum atomic E-state index is -0.602. The van der Waals surface area contributed by atoms with E-state index in [1.807, 2.05) is 4.57 Å². The molecule has 0 bridgehead atoms. The van der Waals surface area contributed by atoms with Crippen LogP contribution in [0.1, 0.15) is 125 Å². The maximum absolute atomic E-state index is 13.5. The van der Waals surface area contributed by atoms with Crippen molar-refractivity contribution in [2.75, 3.05) is 0 Å². The molecule has 1 amide bonds. The number of carbonyl (C=O) groups excluding carboxylic acids is 2. The van der Waals surface area contributed by atoms with Gasteiger partial charge in [0.05, 0.1) is 6.42 Å². The van der Waals surface area contributed by atoms with Gasteiger partial charge in [-0.3, -0.25) is 9.59 Å². The van der Waals surface area contributed by atoms with E-state index in [1.54, 1.807) is 6.07 Å². The number of aryl methyl sites for hydroxylation is 1. The Bertz CT molecular complexity index is 923. The van der Waals surface area contributed by atoms with E-state index in [2.05, 4.69) is 12.4 Å². The van der Waals surface area contributed by atoms with E-state index < -0.39 is 11.9 Å². The number of amides is 1. The van der Waals surface area contributed by atoms with Gasteiger partial charge in [-0.25, -0.2) is 4.79 Å². The first-order valence-electron chi connectivity index (χ1n) is 13.7. The summed E-state index contributed by atoms with van der Waals surface area (Å²) >= 11 is 0. The van der Waals surface area contributed by atoms with E-state index in [4.69, 9.17) is 4.84 Å². The molecule has 6 nitrogen and oxygen atoms in total. The van der Waals surface area contributed by atoms with Crippen molar-refractivity contribution in [3.63, 3.8) is 0 Å². The van der Waals surface area contributed by atoms with Crippen molar-refractivity contribution in [3.8, 4) is 0 Å². The maximum atomic E-state index is 13.5. The predicted octanol–water partition coefficient (Wildman–Crippen LogP) is 5.64. The van der Waals surface area contributed by atoms with Gasteiger partial charge < -0.3 is 9.40 Å². The number of fused-ring (bicyclic) bond motifs is 1. The van der Waals surface area contributed by atoms with Gasteiger partial charge in [-0.15, -0.1) is 0 Å². The van der Waals surface area contributed by atoms with Crippen molar-refractivity contribution < 1.29 is 14.4 Å². The molecule has 1 aromatic rings. The van der Waals surface area contributed by atoms with Crippen LogP contribution >= 0.6 is 0 Å². The standard InChI is InChI=1S/C28H42N2O4/c1-28(16-10-5-11-17-28)19-25(31)34-29-26(32)23-18-22-14-8-2-3-9-15-24(22)30(27(23)33)20-21-12-6-4-7-13-21/h18,21H,2-17,19-20H2,1H3,(H,29,32). The Balaban J connectivity index is 1.51. The fourth-order valence-electron chi connectivity index (χ4n) is 6.34. The van der Waals surface area contributed by atoms with E-state index in [0.717, 1.165) is 75.5 Å². The Morgan fingerprint density at radius 2 is 1.62 bits per heavy atom. The molecule has 0 radical (unpaired) electrons. The highest BCUT2D eigenvalue weighted by Crippen LogP contribution is 2.38. The minimum absolute atomic E-state index is 0.0602. The second-order valence-corrected chi connectivity index (χ2v) is 11.3. The van der Waals surface area contributed by atoms with Gasteiger partial charge in [-0.05, 0) is 74.3 Å². The third kappa shape index (κ3) is 6.31. The molecule has 0 saturated heterocycles. The summed E-state index contributed by atoms with van der Waals surface area (Å²) in [6.45, 7) is 2.81. The summed E-state index contributed by atoms with van der Waals surface area (Å²) in [5.74, 6) is -0.533. The molecule has 0 spiro atoms. The topological polar surface area (TPSA) is 77.4 Å². The molecule has 1 aromatic heterocycles. The summed E-state index contributed by atoms with van der Waals surface area (Å²) in [7, 11) is 0. The number of nitrogens with zero attached hydrogens (tertiary/aromatic N) is 1. The SMILES string of the molecule is CC1(CC(=O)ONC(=O)c2cc3c(n(CC4CCCCC4)c2=O)CCCCCC3)CCCCC1. The van der Waals surface area contributed by atoms with Gasteiger partial charge in [0.1, 0.15) is 5.56 Å². The molecule has 188 valence electrons. The van der Waals surface area contributed by atoms with Crippen LogP contribution in [0.4, 0.5) is 0 Å². The van der Waals surface area contributed by atoms with Crippen LogP contribution in [0.3, 0.4) is 0 Å². The molecule has 3 aliphatic rings. The van der Waals surface area contributed by atoms with Gasteiger partial charge in [0.15, 0.2) is 0 Å². The minimum Gasteiger partial charge on any atom is -0.341 e. The molecule has 0 atom stereocenters. The van der Waals surface area contributed by atoms with Gasteiger partial charge >= 0.3 is 5.97 Å². The quantitative estimate of drug-likeness (QED) is 0.565. The number of carbonyl (C=O) groups is 2. The lowest BCUT2D eigenvalue weighted by Crippen LogP contribution is -2.38. The number of hydrogen-bond donors (Lipinski definition) is 1. The molecule has 6 heteroatoms. The van der Waals surface area contributed by atoms with E-state index >= 15 is 0 Å². The van der Waals surface area contributed by atoms with Crippen molar-refractivity contribution in [2.45, 2.75) is 123 Å². The number of hydroxylamine groups is 1. The summed E-state index contributed by atoms with van der Waals surface area (Å²) in [5.41, 5.74) is 4.35. The zero-order chi connectivity index (χ0) is 24.0. The average molecular weight is 471 g/mol. The van der Waals surface area contributed by atoms with E-state index in [9.17, 15) is 14.4 Å². The Labute approximate surface area is 203 Å². The van der Waals surface area contributed by atoms with Gasteiger partial charge in [-0.1, -0.05) is 58.3 Å². The highest BCUT2D eigenvalue weighted by molar-refractivity contribution is 5.94. The van der Waals surface area contributed by atoms with Gasteiger partial charge in [0, 0.05) is 12.2 Å². The van der Waals surface area contributed by atoms with Crippen LogP contribution in [-0.2, 0) is 29.0 Å². The van der Waals surface area contributed by atoms with Crippen LogP contribution in [0.2, 0.25) is 0 Å². The highest BCUT2D eigenvalue weighted by atomic mass is 16.7. The summed E-state index contributed by atoms with van der Waals surface area (Å²) in [6, 6.07) is 1.77. The lowest BCUT2D eigenvalue weighted by atomic mass is 9.73. The molecule has 34 heavy (non-hydrogen) atoms. The van der Waals surface area contributed by atoms with Gasteiger partial charge in [-0.2, -0.15) is 5.48 Å². The number of pyridine rings is 1. The van der Waals surface area contributed by atoms with Crippen LogP contribution in [0, 0.1) is 11.3 Å². The molecular formula is C28H42N2O4. The van der Waals surface area contributed by atoms with Crippen molar-refractivity contribution in [1.82, 2.24) is 10.0 Å². The van der Waals surface area contributed by atoms with Crippen LogP contribution in [0.15, 0.2) is 10.9 Å². The highest BCUT2D eigenvalue weighted by Gasteiger charge is 2.31. The van der Waals surface area contributed by atoms with Crippen molar-refractivity contribution in [2.24, 2.45) is 11.3 Å². The molecule has 2 fully saturated rings. The first kappa shape index (κ1) is 25.0. The molecule has 0 unspecified atom stereocenters. The molecule has 1 N–H and O–H groups in total. The summed E-state index contributed by atoms with van der Waals surface area (Å²) < 4.78 is 1.90. The van der Waals surface area contributed by atoms with Crippen LogP contribution in [-0.4, -0.2) is 16.4 Å². The van der Waals surface area contributed by atoms with E-state index in [1.165, 1.54) is 38.5 Å². The largest absolute Gasteiger partial charge is 0.341 e. The van der Waals surface area contributed by atoms with Crippen molar-refractivity contribution >= 4 is 11.9 Å². The Morgan fingerprint density at radius 3 is 2.35 bits per heavy atom. The molecule has 4 rings (SSSR count). The second-order valence-electron chi connectivity index (χ2n) is 11.3. The van der Waals surface area contributed by atoms with E-state index in [0.29, 0.717) is 18.9 Å². The molecule has 1 heterocycles. The average Bonchev–Trinajstić information content (AvgIpc) is 2.81. The fourth-order valence-corrected chi connectivity index (χ4v) is 6.34. The van der Waals surface area contributed by atoms with Crippen LogP contribution < -0.4 is 11.0 Å². The summed E-state index contributed by atoms with van der Waals surface area (Å²) in [6.07, 6.45) is 18.1. The van der Waals surface area contributed by atoms with Crippen LogP contribution in [0.5, 0.6) is 0 Å². The van der Waals surface area contributed by atoms with Crippen molar-refractivity contribution in [1.29, 1.82) is 0 Å². The molecule has 0 aromatic carbocycles. The summed E-state index contributed by atoms with van der Waals surface area (Å²) in [4.78, 5) is 44.2. The zero-order valence-corrected chi connectivity index (χ0v) is 21.0. The molecule has 3 aliphatic carbocycles. The maximum Gasteiger partial charge on any atom is 0.332 e. The molecule has 0 aliphatic heterocycles. The number of aromatic nitrogens is 1. The third-order valence-corrected chi connectivity index (χ3v) is 8.40. The zero-order valence-electron chi connectivity index (χ0n) is 21.0. The fraction of sp³-hybridized carbons (Fsp3) is 0.750.